The van der Waals surface area contributed by atoms with E-state index in [4.69, 9.17) is 54.3 Å². The molecule has 7 aromatic carbocycles. The molecule has 10 aromatic rings. The van der Waals surface area contributed by atoms with E-state index in [0.717, 1.165) is 34.0 Å². The Balaban J connectivity index is 0.00000616. The molecule has 4 N–H and O–H groups in total. The maximum Gasteiger partial charge on any atom is 2.00 e. The fourth-order valence-electron chi connectivity index (χ4n) is 8.74. The van der Waals surface area contributed by atoms with Crippen LogP contribution in [0.1, 0.15) is 52.6 Å². The van der Waals surface area contributed by atoms with Gasteiger partial charge in [-0.1, -0.05) is 65.8 Å². The molecule has 2 aliphatic heterocycles. The van der Waals surface area contributed by atoms with E-state index < -0.39 is 23.9 Å². The van der Waals surface area contributed by atoms with Gasteiger partial charge in [0.2, 0.25) is 0 Å². The number of hydrogen-bond acceptors (Lipinski definition) is 13. The van der Waals surface area contributed by atoms with E-state index in [2.05, 4.69) is 0 Å². The third kappa shape index (κ3) is 9.13. The van der Waals surface area contributed by atoms with E-state index in [9.17, 15) is 39.6 Å². The molecule has 0 radical (unpaired) electrons. The molecule has 8 bridgehead atoms. The van der Waals surface area contributed by atoms with Gasteiger partial charge >= 0.3 is 43.4 Å². The largest absolute Gasteiger partial charge is 2.00 e. The quantitative estimate of drug-likeness (QED) is 0.0659. The average molecular weight is 1060 g/mol. The Bertz CT molecular complexity index is 4130. The zero-order valence-corrected chi connectivity index (χ0v) is 42.1. The van der Waals surface area contributed by atoms with Crippen molar-refractivity contribution in [3.63, 3.8) is 0 Å². The molecular weight excluding hydrogens is 1030 g/mol. The molecule has 0 aliphatic carbocycles. The topological polar surface area (TPSA) is 286 Å². The molecule has 0 atom stereocenters. The van der Waals surface area contributed by atoms with Gasteiger partial charge in [0.1, 0.15) is 36.2 Å². The number of carboxylic acid groups (broad SMARTS) is 4. The van der Waals surface area contributed by atoms with E-state index in [0.29, 0.717) is 73.3 Å². The van der Waals surface area contributed by atoms with Gasteiger partial charge in [-0.25, -0.2) is 24.2 Å². The van der Waals surface area contributed by atoms with Gasteiger partial charge in [-0.05, 0) is 106 Å². The van der Waals surface area contributed by atoms with Gasteiger partial charge in [-0.2, -0.15) is 0 Å². The molecule has 3 aromatic heterocycles. The Kier molecular flexibility index (Phi) is 12.2. The van der Waals surface area contributed by atoms with Crippen molar-refractivity contribution < 1.29 is 78.1 Å². The molecule has 5 heterocycles. The van der Waals surface area contributed by atoms with Crippen molar-refractivity contribution in [2.24, 2.45) is 0 Å². The predicted molar refractivity (Wildman–Crippen MR) is 266 cm³/mol. The molecule has 0 unspecified atom stereocenters. The van der Waals surface area contributed by atoms with E-state index >= 15 is 0 Å². The van der Waals surface area contributed by atoms with Crippen molar-refractivity contribution in [1.29, 1.82) is 0 Å². The van der Waals surface area contributed by atoms with Gasteiger partial charge in [-0.15, -0.1) is 0 Å². The number of para-hydroxylation sites is 1. The minimum atomic E-state index is -1.35. The first kappa shape index (κ1) is 48.0. The summed E-state index contributed by atoms with van der Waals surface area (Å²) in [4.78, 5) is 78.7. The van der Waals surface area contributed by atoms with E-state index in [1.807, 2.05) is 72.8 Å². The van der Waals surface area contributed by atoms with Gasteiger partial charge in [0.25, 0.3) is 5.69 Å². The van der Waals surface area contributed by atoms with Crippen molar-refractivity contribution in [3.05, 3.63) is 179 Å². The maximum absolute atomic E-state index is 11.9. The van der Waals surface area contributed by atoms with Crippen LogP contribution in [0.15, 0.2) is 146 Å². The van der Waals surface area contributed by atoms with Crippen LogP contribution in [0, 0.1) is 0 Å². The Labute approximate surface area is 439 Å². The number of benzene rings is 7. The van der Waals surface area contributed by atoms with E-state index in [1.54, 1.807) is 36.4 Å². The molecule has 12 rings (SSSR count). The van der Waals surface area contributed by atoms with Crippen LogP contribution < -0.4 is 29.0 Å². The molecule has 20 nitrogen and oxygen atoms in total. The van der Waals surface area contributed by atoms with E-state index in [1.165, 1.54) is 29.1 Å². The number of aromatic nitrogens is 9. The minimum Gasteiger partial charge on any atom is -0.489 e. The van der Waals surface area contributed by atoms with Crippen LogP contribution >= 0.6 is 0 Å². The summed E-state index contributed by atoms with van der Waals surface area (Å²) in [5.74, 6) is -3.78. The van der Waals surface area contributed by atoms with Crippen molar-refractivity contribution in [2.75, 3.05) is 0 Å². The predicted octanol–water partition coefficient (Wildman–Crippen LogP) is 8.48. The molecule has 2 aliphatic rings. The fraction of sp³-hybridized carbons (Fsp3) is 0.0364. The summed E-state index contributed by atoms with van der Waals surface area (Å²) >= 11 is 0. The maximum atomic E-state index is 11.9. The summed E-state index contributed by atoms with van der Waals surface area (Å²) in [6, 6.07) is 39.8. The van der Waals surface area contributed by atoms with Crippen LogP contribution in [0.5, 0.6) is 23.0 Å². The Morgan fingerprint density at radius 1 is 0.421 bits per heavy atom. The van der Waals surface area contributed by atoms with Crippen LogP contribution in [-0.4, -0.2) is 74.4 Å². The number of carbonyl (C=O) groups is 4. The number of nitrogens with zero attached hydrogens (tertiary/aromatic N) is 9. The zero-order valence-electron chi connectivity index (χ0n) is 39.1. The van der Waals surface area contributed by atoms with Gasteiger partial charge in [0.05, 0.1) is 45.1 Å². The molecule has 0 saturated heterocycles. The van der Waals surface area contributed by atoms with Crippen molar-refractivity contribution in [2.45, 2.75) is 13.2 Å². The Morgan fingerprint density at radius 3 is 1.41 bits per heavy atom. The molecule has 21 heteroatoms. The number of aromatic carboxylic acids is 4. The number of rotatable bonds is 12. The minimum absolute atomic E-state index is 0. The summed E-state index contributed by atoms with van der Waals surface area (Å²) in [6.45, 7) is -0.428. The molecule has 0 spiro atoms. The van der Waals surface area contributed by atoms with Gasteiger partial charge in [0.15, 0.2) is 5.82 Å². The third-order valence-corrected chi connectivity index (χ3v) is 12.2. The first-order valence-corrected chi connectivity index (χ1v) is 22.7. The summed E-state index contributed by atoms with van der Waals surface area (Å²) < 4.78 is 18.5. The monoisotopic (exact) mass is 1060 g/mol. The fourth-order valence-corrected chi connectivity index (χ4v) is 8.74. The SMILES string of the molecule is O=C(O)c1cc(OCc2cc(COc3cc(C(=O)O)cc(C(=O)O)c3)cc(Oc3ccc4c5nc6nc(nc7[n-]c(nc8n[n+](nc([n-]5)c4c3)-c3ccccc3-8)c3ccccc73)-c3ccccc3-6)c2)cc(C(=O)O)c1.[Zn+2]. The number of ether oxygens (including phenoxy) is 3. The van der Waals surface area contributed by atoms with Crippen LogP contribution in [0.2, 0.25) is 0 Å². The number of carboxylic acids is 4. The molecule has 364 valence electrons. The van der Waals surface area contributed by atoms with Crippen LogP contribution in [-0.2, 0) is 32.7 Å². The Hall–Kier alpha value is -10.3. The molecule has 0 fully saturated rings. The van der Waals surface area contributed by atoms with Gasteiger partial charge < -0.3 is 59.6 Å². The molecular formula is C55H32N9O11Zn+. The number of hydrogen-bond donors (Lipinski definition) is 4. The zero-order chi connectivity index (χ0) is 51.5. The first-order chi connectivity index (χ1) is 36.4. The first-order valence-electron chi connectivity index (χ1n) is 22.7. The second-order valence-electron chi connectivity index (χ2n) is 17.1. The van der Waals surface area contributed by atoms with Crippen molar-refractivity contribution >= 4 is 68.0 Å². The van der Waals surface area contributed by atoms with Crippen molar-refractivity contribution in [3.8, 4) is 62.8 Å². The number of fused-ring (bicyclic) bond motifs is 20. The second-order valence-corrected chi connectivity index (χ2v) is 17.1. The summed E-state index contributed by atoms with van der Waals surface area (Å²) in [5.41, 5.74) is 3.91. The normalized spacial score (nSPS) is 11.3. The van der Waals surface area contributed by atoms with Gasteiger partial charge in [0, 0.05) is 49.4 Å². The second kappa shape index (κ2) is 19.3. The van der Waals surface area contributed by atoms with Crippen molar-refractivity contribution in [1.82, 2.24) is 40.1 Å². The summed E-state index contributed by atoms with van der Waals surface area (Å²) in [5, 5.41) is 51.2. The summed E-state index contributed by atoms with van der Waals surface area (Å²) in [7, 11) is 0. The molecule has 0 amide bonds. The van der Waals surface area contributed by atoms with E-state index in [-0.39, 0.29) is 77.8 Å². The van der Waals surface area contributed by atoms with Crippen LogP contribution in [0.25, 0.3) is 84.0 Å². The molecule has 76 heavy (non-hydrogen) atoms. The van der Waals surface area contributed by atoms with Crippen LogP contribution in [0.3, 0.4) is 0 Å². The third-order valence-electron chi connectivity index (χ3n) is 12.2. The standard InChI is InChI=1S/C55H33N9O11.Zn/c65-52(66)29-18-30(53(67)68)21-34(20-29)73-25-27-15-28(26-74-35-22-31(54(69)70)19-32(23-35)55(71)72)17-36(16-27)75-33-13-14-41-43(24-33)51-61-49(41)59-47-38-8-2-1-7-37(38)45(57-47)56-46-39-9-3-4-10-40(39)48(58-46)60-50-42-11-5-6-12-44(42)64(62-50)63-51;/h1-24H,25-26H2,(H5,56,57,58,59,60,61,62,63,65,66,67,68,69,70,71,72);/q;+2/p-1. The molecule has 0 saturated carbocycles. The smallest absolute Gasteiger partial charge is 0.489 e. The van der Waals surface area contributed by atoms with Gasteiger partial charge in [-0.3, -0.25) is 0 Å². The summed E-state index contributed by atoms with van der Waals surface area (Å²) in [6.07, 6.45) is 0. The average Bonchev–Trinajstić information content (AvgIpc) is 4.15. The van der Waals surface area contributed by atoms with Crippen LogP contribution in [0.4, 0.5) is 0 Å². The Morgan fingerprint density at radius 2 is 0.882 bits per heavy atom.